The number of nitrogens with one attached hydrogen (secondary N) is 1. The molecule has 11 nitrogen and oxygen atoms in total. The van der Waals surface area contributed by atoms with Gasteiger partial charge in [-0.2, -0.15) is 0 Å². The molecule has 0 fully saturated rings. The molecule has 0 aliphatic carbocycles. The molecule has 2 atom stereocenters. The number of unbranched alkanes of at least 4 members (excludes halogenated alkanes) is 15. The Balaban J connectivity index is 0. The van der Waals surface area contributed by atoms with E-state index in [1.165, 1.54) is 64.2 Å². The maximum atomic E-state index is 12.8. The van der Waals surface area contributed by atoms with Gasteiger partial charge in [0.05, 0.1) is 31.7 Å². The van der Waals surface area contributed by atoms with Crippen LogP contribution in [-0.2, 0) is 33.4 Å². The van der Waals surface area contributed by atoms with Crippen LogP contribution in [0.25, 0.3) is 0 Å². The molecule has 0 bridgehead atoms. The number of esters is 3. The van der Waals surface area contributed by atoms with Crippen LogP contribution < -0.4 is 16.8 Å². The molecule has 0 rings (SSSR count). The number of hydrogen-bond acceptors (Lipinski definition) is 8. The van der Waals surface area contributed by atoms with Crippen molar-refractivity contribution in [1.29, 1.82) is 0 Å². The van der Waals surface area contributed by atoms with Crippen molar-refractivity contribution in [2.24, 2.45) is 28.3 Å². The maximum absolute atomic E-state index is 12.8. The highest BCUT2D eigenvalue weighted by Crippen LogP contribution is 2.21. The van der Waals surface area contributed by atoms with Crippen LogP contribution in [-0.4, -0.2) is 62.7 Å². The molecule has 0 radical (unpaired) electrons. The Bertz CT molecular complexity index is 927. The quantitative estimate of drug-likeness (QED) is 0.0185. The standard InChI is InChI=1S/C40H75NO7.C3H9N3/c1-5-9-13-16-17-22-29-36(28-21-15-11-7-3)40(45)47-32-24-19-18-23-31-46-38(43)34-41-37(42)30-25-33-48-39(44)35(26-12-8-4)27-20-14-10-6-2;1-2-6-3(4)5/h35-36H,5-34H2,1-4H3,(H,41,42);2H2,1H3,(H4,4,5,6). The first kappa shape index (κ1) is 53.3. The fourth-order valence-electron chi connectivity index (χ4n) is 6.07. The molecular weight excluding hydrogens is 684 g/mol. The Morgan fingerprint density at radius 3 is 1.33 bits per heavy atom. The normalized spacial score (nSPS) is 11.8. The molecule has 0 aliphatic heterocycles. The second kappa shape index (κ2) is 41.3. The minimum absolute atomic E-state index is 0.0266. The number of amides is 1. The zero-order valence-electron chi connectivity index (χ0n) is 35.5. The van der Waals surface area contributed by atoms with Crippen molar-refractivity contribution in [2.45, 2.75) is 202 Å². The molecule has 54 heavy (non-hydrogen) atoms. The third kappa shape index (κ3) is 37.5. The van der Waals surface area contributed by atoms with E-state index in [9.17, 15) is 19.2 Å². The van der Waals surface area contributed by atoms with Gasteiger partial charge in [-0.25, -0.2) is 0 Å². The van der Waals surface area contributed by atoms with Gasteiger partial charge in [0.2, 0.25) is 5.91 Å². The third-order valence-electron chi connectivity index (χ3n) is 9.40. The summed E-state index contributed by atoms with van der Waals surface area (Å²) < 4.78 is 16.4. The first-order valence-corrected chi connectivity index (χ1v) is 22.0. The molecular formula is C43H84N4O7. The van der Waals surface area contributed by atoms with Crippen molar-refractivity contribution < 1.29 is 33.4 Å². The van der Waals surface area contributed by atoms with Gasteiger partial charge in [-0.05, 0) is 64.7 Å². The molecule has 0 saturated carbocycles. The van der Waals surface area contributed by atoms with Crippen LogP contribution in [0.3, 0.4) is 0 Å². The van der Waals surface area contributed by atoms with Gasteiger partial charge >= 0.3 is 17.9 Å². The van der Waals surface area contributed by atoms with E-state index in [4.69, 9.17) is 25.7 Å². The third-order valence-corrected chi connectivity index (χ3v) is 9.40. The van der Waals surface area contributed by atoms with Gasteiger partial charge in [0.1, 0.15) is 6.54 Å². The lowest BCUT2D eigenvalue weighted by molar-refractivity contribution is -0.150. The number of aliphatic imine (C=N–C) groups is 1. The summed E-state index contributed by atoms with van der Waals surface area (Å²) in [6.45, 7) is 12.1. The first-order chi connectivity index (χ1) is 26.2. The Labute approximate surface area is 330 Å². The molecule has 0 spiro atoms. The summed E-state index contributed by atoms with van der Waals surface area (Å²) in [4.78, 5) is 53.0. The number of rotatable bonds is 36. The molecule has 2 unspecified atom stereocenters. The van der Waals surface area contributed by atoms with E-state index < -0.39 is 5.97 Å². The van der Waals surface area contributed by atoms with E-state index >= 15 is 0 Å². The maximum Gasteiger partial charge on any atom is 0.325 e. The van der Waals surface area contributed by atoms with Crippen LogP contribution in [0.4, 0.5) is 0 Å². The zero-order chi connectivity index (χ0) is 40.5. The molecule has 0 saturated heterocycles. The zero-order valence-corrected chi connectivity index (χ0v) is 35.5. The highest BCUT2D eigenvalue weighted by molar-refractivity contribution is 5.81. The van der Waals surface area contributed by atoms with Crippen LogP contribution >= 0.6 is 0 Å². The minimum Gasteiger partial charge on any atom is -0.465 e. The highest BCUT2D eigenvalue weighted by Gasteiger charge is 2.20. The van der Waals surface area contributed by atoms with Crippen molar-refractivity contribution in [1.82, 2.24) is 5.32 Å². The topological polar surface area (TPSA) is 172 Å². The molecule has 11 heteroatoms. The van der Waals surface area contributed by atoms with Crippen LogP contribution in [0.5, 0.6) is 0 Å². The number of ether oxygens (including phenoxy) is 3. The van der Waals surface area contributed by atoms with Crippen LogP contribution in [0.1, 0.15) is 202 Å². The lowest BCUT2D eigenvalue weighted by atomic mass is 9.94. The molecule has 0 aromatic heterocycles. The SMILES string of the molecule is CCCCCCCCC(CCCCCC)C(=O)OCCCCCCOC(=O)CNC(=O)CCCOC(=O)C(CCCC)CCCCCC.CCN=C(N)N. The summed E-state index contributed by atoms with van der Waals surface area (Å²) in [5, 5.41) is 2.59. The average Bonchev–Trinajstić information content (AvgIpc) is 3.15. The van der Waals surface area contributed by atoms with Gasteiger partial charge in [0.25, 0.3) is 0 Å². The fourth-order valence-corrected chi connectivity index (χ4v) is 6.07. The van der Waals surface area contributed by atoms with E-state index in [-0.39, 0.29) is 55.2 Å². The van der Waals surface area contributed by atoms with Gasteiger partial charge in [-0.1, -0.05) is 130 Å². The predicted octanol–water partition coefficient (Wildman–Crippen LogP) is 9.47. The van der Waals surface area contributed by atoms with Crippen molar-refractivity contribution >= 4 is 29.8 Å². The summed E-state index contributed by atoms with van der Waals surface area (Å²) in [7, 11) is 0. The van der Waals surface area contributed by atoms with Crippen molar-refractivity contribution in [3.8, 4) is 0 Å². The Hall–Kier alpha value is -2.85. The Morgan fingerprint density at radius 2 is 0.889 bits per heavy atom. The van der Waals surface area contributed by atoms with E-state index in [1.54, 1.807) is 0 Å². The Morgan fingerprint density at radius 1 is 0.500 bits per heavy atom. The molecule has 5 N–H and O–H groups in total. The molecule has 0 aromatic carbocycles. The van der Waals surface area contributed by atoms with E-state index in [0.29, 0.717) is 26.2 Å². The predicted molar refractivity (Wildman–Crippen MR) is 222 cm³/mol. The van der Waals surface area contributed by atoms with Gasteiger partial charge in [0.15, 0.2) is 5.96 Å². The molecule has 0 aliphatic rings. The van der Waals surface area contributed by atoms with Crippen molar-refractivity contribution in [3.05, 3.63) is 0 Å². The number of nitrogens with two attached hydrogens (primary N) is 2. The van der Waals surface area contributed by atoms with Crippen LogP contribution in [0.2, 0.25) is 0 Å². The number of hydrogen-bond donors (Lipinski definition) is 3. The Kier molecular flexibility index (Phi) is 40.7. The monoisotopic (exact) mass is 769 g/mol. The number of carbonyl (C=O) groups excluding carboxylic acids is 4. The number of carbonyl (C=O) groups is 4. The van der Waals surface area contributed by atoms with E-state index in [2.05, 4.69) is 38.0 Å². The molecule has 0 heterocycles. The fraction of sp³-hybridized carbons (Fsp3) is 0.884. The molecule has 1 amide bonds. The highest BCUT2D eigenvalue weighted by atomic mass is 16.5. The summed E-state index contributed by atoms with van der Waals surface area (Å²) in [6, 6.07) is 0. The summed E-state index contributed by atoms with van der Waals surface area (Å²) in [6.07, 6.45) is 26.3. The summed E-state index contributed by atoms with van der Waals surface area (Å²) in [5.41, 5.74) is 9.86. The van der Waals surface area contributed by atoms with Gasteiger partial charge in [-0.3, -0.25) is 24.2 Å². The largest absolute Gasteiger partial charge is 0.465 e. The minimum atomic E-state index is -0.458. The van der Waals surface area contributed by atoms with Crippen LogP contribution in [0.15, 0.2) is 4.99 Å². The summed E-state index contributed by atoms with van der Waals surface area (Å²) >= 11 is 0. The second-order valence-electron chi connectivity index (χ2n) is 14.5. The smallest absolute Gasteiger partial charge is 0.325 e. The van der Waals surface area contributed by atoms with E-state index in [1.807, 2.05) is 6.92 Å². The first-order valence-electron chi connectivity index (χ1n) is 22.0. The number of nitrogens with zero attached hydrogens (tertiary/aromatic N) is 1. The van der Waals surface area contributed by atoms with Gasteiger partial charge < -0.3 is 31.0 Å². The van der Waals surface area contributed by atoms with Crippen molar-refractivity contribution in [3.63, 3.8) is 0 Å². The summed E-state index contributed by atoms with van der Waals surface area (Å²) in [5.74, 6) is -0.742. The van der Waals surface area contributed by atoms with Gasteiger partial charge in [0, 0.05) is 13.0 Å². The van der Waals surface area contributed by atoms with Crippen molar-refractivity contribution in [2.75, 3.05) is 32.9 Å². The molecule has 0 aromatic rings. The lowest BCUT2D eigenvalue weighted by Gasteiger charge is -2.16. The van der Waals surface area contributed by atoms with Gasteiger partial charge in [-0.15, -0.1) is 0 Å². The lowest BCUT2D eigenvalue weighted by Crippen LogP contribution is -2.30. The second-order valence-corrected chi connectivity index (χ2v) is 14.5. The van der Waals surface area contributed by atoms with Crippen LogP contribution in [0, 0.1) is 11.8 Å². The van der Waals surface area contributed by atoms with E-state index in [0.717, 1.165) is 89.9 Å². The number of guanidine groups is 1. The average molecular weight is 769 g/mol. The molecule has 318 valence electrons.